The van der Waals surface area contributed by atoms with Crippen LogP contribution < -0.4 is 5.73 Å². The fourth-order valence-electron chi connectivity index (χ4n) is 1.43. The Hall–Kier alpha value is -0.870. The molecule has 0 aliphatic carbocycles. The van der Waals surface area contributed by atoms with Crippen molar-refractivity contribution in [3.8, 4) is 0 Å². The Morgan fingerprint density at radius 1 is 1.69 bits per heavy atom. The fourth-order valence-corrected chi connectivity index (χ4v) is 1.43. The number of aliphatic hydroxyl groups excluding tert-OH is 1. The summed E-state index contributed by atoms with van der Waals surface area (Å²) in [7, 11) is 1.87. The highest BCUT2D eigenvalue weighted by atomic mass is 16.3. The molecule has 0 aliphatic heterocycles. The highest BCUT2D eigenvalue weighted by Crippen LogP contribution is 2.18. The molecule has 0 aromatic carbocycles. The molecule has 0 aliphatic rings. The third kappa shape index (κ3) is 2.82. The maximum atomic E-state index is 9.24. The summed E-state index contributed by atoms with van der Waals surface area (Å²) in [5.41, 5.74) is 6.72. The van der Waals surface area contributed by atoms with E-state index in [0.29, 0.717) is 13.0 Å². The van der Waals surface area contributed by atoms with Gasteiger partial charge in [0, 0.05) is 19.2 Å². The molecule has 1 rings (SSSR count). The van der Waals surface area contributed by atoms with Gasteiger partial charge in [0.05, 0.1) is 12.3 Å². The van der Waals surface area contributed by atoms with E-state index in [1.54, 1.807) is 17.8 Å². The Balaban J connectivity index is 2.66. The first-order valence-corrected chi connectivity index (χ1v) is 4.50. The maximum Gasteiger partial charge on any atom is 0.0524 e. The number of hydrogen-bond acceptors (Lipinski definition) is 3. The Labute approximate surface area is 78.4 Å². The van der Waals surface area contributed by atoms with Gasteiger partial charge in [-0.1, -0.05) is 0 Å². The van der Waals surface area contributed by atoms with Crippen LogP contribution in [0.15, 0.2) is 12.4 Å². The highest BCUT2D eigenvalue weighted by Gasteiger charge is 2.13. The van der Waals surface area contributed by atoms with Gasteiger partial charge < -0.3 is 10.8 Å². The van der Waals surface area contributed by atoms with Crippen LogP contribution in [0.5, 0.6) is 0 Å². The van der Waals surface area contributed by atoms with E-state index in [2.05, 4.69) is 5.10 Å². The summed E-state index contributed by atoms with van der Waals surface area (Å²) in [5.74, 6) is 0.216. The standard InChI is InChI=1S/C9H17N3O/c1-7(13)3-8(4-10)9-5-11-12(2)6-9/h5-8,13H,3-4,10H2,1-2H3. The zero-order chi connectivity index (χ0) is 9.84. The van der Waals surface area contributed by atoms with Crippen molar-refractivity contribution in [2.45, 2.75) is 25.4 Å². The van der Waals surface area contributed by atoms with E-state index >= 15 is 0 Å². The van der Waals surface area contributed by atoms with Crippen LogP contribution in [0.4, 0.5) is 0 Å². The van der Waals surface area contributed by atoms with E-state index < -0.39 is 0 Å². The van der Waals surface area contributed by atoms with Gasteiger partial charge in [-0.3, -0.25) is 4.68 Å². The van der Waals surface area contributed by atoms with Gasteiger partial charge >= 0.3 is 0 Å². The first-order chi connectivity index (χ1) is 6.13. The number of rotatable bonds is 4. The van der Waals surface area contributed by atoms with Crippen molar-refractivity contribution in [3.05, 3.63) is 18.0 Å². The third-order valence-corrected chi connectivity index (χ3v) is 2.11. The zero-order valence-electron chi connectivity index (χ0n) is 8.14. The van der Waals surface area contributed by atoms with Crippen molar-refractivity contribution in [1.29, 1.82) is 0 Å². The van der Waals surface area contributed by atoms with E-state index in [9.17, 15) is 5.11 Å². The van der Waals surface area contributed by atoms with Crippen molar-refractivity contribution in [3.63, 3.8) is 0 Å². The number of nitrogens with zero attached hydrogens (tertiary/aromatic N) is 2. The lowest BCUT2D eigenvalue weighted by Crippen LogP contribution is -2.17. The predicted octanol–water partition coefficient (Wildman–Crippen LogP) is 0.233. The molecule has 0 amide bonds. The van der Waals surface area contributed by atoms with Gasteiger partial charge in [0.15, 0.2) is 0 Å². The van der Waals surface area contributed by atoms with Crippen LogP contribution >= 0.6 is 0 Å². The van der Waals surface area contributed by atoms with Gasteiger partial charge in [-0.15, -0.1) is 0 Å². The second-order valence-electron chi connectivity index (χ2n) is 3.46. The van der Waals surface area contributed by atoms with Crippen LogP contribution in [0.2, 0.25) is 0 Å². The molecule has 0 radical (unpaired) electrons. The number of aryl methyl sites for hydroxylation is 1. The molecule has 1 heterocycles. The SMILES string of the molecule is CC(O)CC(CN)c1cnn(C)c1. The molecule has 4 nitrogen and oxygen atoms in total. The lowest BCUT2D eigenvalue weighted by Gasteiger charge is -2.14. The van der Waals surface area contributed by atoms with Crippen LogP contribution in [0, 0.1) is 0 Å². The first-order valence-electron chi connectivity index (χ1n) is 4.50. The molecule has 4 heteroatoms. The maximum absolute atomic E-state index is 9.24. The highest BCUT2D eigenvalue weighted by molar-refractivity contribution is 5.11. The molecule has 1 aromatic heterocycles. The van der Waals surface area contributed by atoms with E-state index in [-0.39, 0.29) is 12.0 Å². The summed E-state index contributed by atoms with van der Waals surface area (Å²) in [6.45, 7) is 2.33. The molecule has 2 unspecified atom stereocenters. The Kier molecular flexibility index (Phi) is 3.45. The summed E-state index contributed by atoms with van der Waals surface area (Å²) >= 11 is 0. The minimum Gasteiger partial charge on any atom is -0.393 e. The molecular formula is C9H17N3O. The van der Waals surface area contributed by atoms with Gasteiger partial charge in [0.2, 0.25) is 0 Å². The van der Waals surface area contributed by atoms with Gasteiger partial charge in [0.25, 0.3) is 0 Å². The van der Waals surface area contributed by atoms with Crippen LogP contribution in [-0.2, 0) is 7.05 Å². The Bertz CT molecular complexity index is 257. The number of aromatic nitrogens is 2. The molecular weight excluding hydrogens is 166 g/mol. The minimum atomic E-state index is -0.311. The summed E-state index contributed by atoms with van der Waals surface area (Å²) in [6, 6.07) is 0. The molecule has 1 aromatic rings. The number of nitrogens with two attached hydrogens (primary N) is 1. The van der Waals surface area contributed by atoms with Gasteiger partial charge in [-0.2, -0.15) is 5.10 Å². The number of aliphatic hydroxyl groups is 1. The summed E-state index contributed by atoms with van der Waals surface area (Å²) in [4.78, 5) is 0. The molecule has 0 spiro atoms. The summed E-state index contributed by atoms with van der Waals surface area (Å²) in [5, 5.41) is 13.3. The lowest BCUT2D eigenvalue weighted by atomic mass is 9.96. The molecule has 0 bridgehead atoms. The Morgan fingerprint density at radius 2 is 2.38 bits per heavy atom. The quantitative estimate of drug-likeness (QED) is 0.702. The van der Waals surface area contributed by atoms with Crippen molar-refractivity contribution in [1.82, 2.24) is 9.78 Å². The van der Waals surface area contributed by atoms with Crippen LogP contribution in [0.3, 0.4) is 0 Å². The zero-order valence-corrected chi connectivity index (χ0v) is 8.14. The summed E-state index contributed by atoms with van der Waals surface area (Å²) < 4.78 is 1.75. The second kappa shape index (κ2) is 4.39. The van der Waals surface area contributed by atoms with E-state index in [4.69, 9.17) is 5.73 Å². The van der Waals surface area contributed by atoms with Gasteiger partial charge in [0.1, 0.15) is 0 Å². The van der Waals surface area contributed by atoms with E-state index in [0.717, 1.165) is 5.56 Å². The predicted molar refractivity (Wildman–Crippen MR) is 51.3 cm³/mol. The third-order valence-electron chi connectivity index (χ3n) is 2.11. The van der Waals surface area contributed by atoms with Crippen molar-refractivity contribution in [2.75, 3.05) is 6.54 Å². The molecule has 0 fully saturated rings. The van der Waals surface area contributed by atoms with Crippen LogP contribution in [0.1, 0.15) is 24.8 Å². The van der Waals surface area contributed by atoms with Crippen molar-refractivity contribution >= 4 is 0 Å². The van der Waals surface area contributed by atoms with Crippen molar-refractivity contribution < 1.29 is 5.11 Å². The van der Waals surface area contributed by atoms with E-state index in [1.807, 2.05) is 13.2 Å². The summed E-state index contributed by atoms with van der Waals surface area (Å²) in [6.07, 6.45) is 4.14. The average Bonchev–Trinajstić information content (AvgIpc) is 2.47. The monoisotopic (exact) mass is 183 g/mol. The lowest BCUT2D eigenvalue weighted by molar-refractivity contribution is 0.175. The fraction of sp³-hybridized carbons (Fsp3) is 0.667. The van der Waals surface area contributed by atoms with Crippen molar-refractivity contribution in [2.24, 2.45) is 12.8 Å². The topological polar surface area (TPSA) is 64.1 Å². The Morgan fingerprint density at radius 3 is 2.77 bits per heavy atom. The van der Waals surface area contributed by atoms with Crippen LogP contribution in [0.25, 0.3) is 0 Å². The smallest absolute Gasteiger partial charge is 0.0524 e. The van der Waals surface area contributed by atoms with E-state index in [1.165, 1.54) is 0 Å². The average molecular weight is 183 g/mol. The first kappa shape index (κ1) is 10.2. The molecule has 13 heavy (non-hydrogen) atoms. The molecule has 3 N–H and O–H groups in total. The largest absolute Gasteiger partial charge is 0.393 e. The van der Waals surface area contributed by atoms with Gasteiger partial charge in [-0.25, -0.2) is 0 Å². The molecule has 0 saturated heterocycles. The second-order valence-corrected chi connectivity index (χ2v) is 3.46. The van der Waals surface area contributed by atoms with Gasteiger partial charge in [-0.05, 0) is 25.5 Å². The molecule has 2 atom stereocenters. The number of hydrogen-bond donors (Lipinski definition) is 2. The minimum absolute atomic E-state index is 0.216. The normalized spacial score (nSPS) is 15.7. The molecule has 0 saturated carbocycles. The van der Waals surface area contributed by atoms with Crippen LogP contribution in [-0.4, -0.2) is 27.5 Å². The molecule has 74 valence electrons.